The number of benzene rings is 1. The van der Waals surface area contributed by atoms with Gasteiger partial charge in [0.2, 0.25) is 0 Å². The minimum atomic E-state index is 0.133. The number of fused-ring (bicyclic) bond motifs is 1. The van der Waals surface area contributed by atoms with Crippen LogP contribution in [0.4, 0.5) is 5.69 Å². The second kappa shape index (κ2) is 4.39. The van der Waals surface area contributed by atoms with Gasteiger partial charge in [-0.25, -0.2) is 0 Å². The Bertz CT molecular complexity index is 438. The van der Waals surface area contributed by atoms with Crippen LogP contribution in [0.3, 0.4) is 0 Å². The van der Waals surface area contributed by atoms with E-state index in [1.807, 2.05) is 30.4 Å². The lowest BCUT2D eigenvalue weighted by atomic mass is 10.0. The summed E-state index contributed by atoms with van der Waals surface area (Å²) in [6.07, 6.45) is 4.37. The highest BCUT2D eigenvalue weighted by Crippen LogP contribution is 2.25. The first kappa shape index (κ1) is 10.7. The van der Waals surface area contributed by atoms with Gasteiger partial charge in [0.1, 0.15) is 5.75 Å². The largest absolute Gasteiger partial charge is 0.497 e. The average Bonchev–Trinajstić information content (AvgIpc) is 2.26. The lowest BCUT2D eigenvalue weighted by Gasteiger charge is -2.17. The number of nitrogens with one attached hydrogen (secondary N) is 1. The second-order valence-corrected chi connectivity index (χ2v) is 3.90. The molecule has 1 aromatic carbocycles. The van der Waals surface area contributed by atoms with Gasteiger partial charge in [-0.2, -0.15) is 0 Å². The van der Waals surface area contributed by atoms with E-state index in [0.29, 0.717) is 6.42 Å². The van der Waals surface area contributed by atoms with Crippen LogP contribution >= 0.6 is 0 Å². The minimum Gasteiger partial charge on any atom is -0.497 e. The summed E-state index contributed by atoms with van der Waals surface area (Å²) in [6, 6.07) is 5.71. The zero-order valence-corrected chi connectivity index (χ0v) is 9.49. The summed E-state index contributed by atoms with van der Waals surface area (Å²) in [5.74, 6) is 0.893. The Hall–Kier alpha value is -1.77. The molecule has 1 aliphatic heterocycles. The molecule has 0 saturated carbocycles. The van der Waals surface area contributed by atoms with E-state index in [-0.39, 0.29) is 11.8 Å². The summed E-state index contributed by atoms with van der Waals surface area (Å²) >= 11 is 0. The molecule has 0 aromatic heterocycles. The molecule has 3 nitrogen and oxygen atoms in total. The maximum atomic E-state index is 11.8. The number of anilines is 1. The number of carbonyl (C=O) groups is 1. The van der Waals surface area contributed by atoms with Crippen molar-refractivity contribution in [1.82, 2.24) is 0 Å². The third-order valence-electron chi connectivity index (χ3n) is 2.64. The van der Waals surface area contributed by atoms with Gasteiger partial charge in [0, 0.05) is 29.8 Å². The van der Waals surface area contributed by atoms with Gasteiger partial charge in [0.05, 0.1) is 7.11 Å². The predicted molar refractivity (Wildman–Crippen MR) is 64.2 cm³/mol. The van der Waals surface area contributed by atoms with Crippen LogP contribution in [-0.2, 0) is 0 Å². The van der Waals surface area contributed by atoms with E-state index in [9.17, 15) is 4.79 Å². The van der Waals surface area contributed by atoms with Crippen molar-refractivity contribution in [3.05, 3.63) is 35.9 Å². The first-order valence-corrected chi connectivity index (χ1v) is 5.35. The van der Waals surface area contributed by atoms with Crippen LogP contribution in [0.1, 0.15) is 23.7 Å². The number of Topliss-reactive ketones (excluding diaryl/α,β-unsaturated/α-hetero) is 1. The highest BCUT2D eigenvalue weighted by molar-refractivity contribution is 6.02. The highest BCUT2D eigenvalue weighted by Gasteiger charge is 2.14. The van der Waals surface area contributed by atoms with Crippen molar-refractivity contribution >= 4 is 11.5 Å². The summed E-state index contributed by atoms with van der Waals surface area (Å²) in [4.78, 5) is 11.8. The van der Waals surface area contributed by atoms with Crippen LogP contribution in [0, 0.1) is 0 Å². The molecule has 2 rings (SSSR count). The van der Waals surface area contributed by atoms with E-state index in [1.165, 1.54) is 0 Å². The van der Waals surface area contributed by atoms with E-state index < -0.39 is 0 Å². The standard InChI is InChI=1S/C13H15NO2/c1-9-4-3-5-13(15)11-7-6-10(16-2)8-12(11)14-9/h3-4,6-9,14H,5H2,1-2H3/b4-3-. The molecule has 0 aliphatic carbocycles. The molecule has 0 amide bonds. The fourth-order valence-electron chi connectivity index (χ4n) is 1.80. The molecule has 84 valence electrons. The Morgan fingerprint density at radius 2 is 2.25 bits per heavy atom. The molecule has 0 radical (unpaired) electrons. The van der Waals surface area contributed by atoms with Gasteiger partial charge in [0.15, 0.2) is 5.78 Å². The van der Waals surface area contributed by atoms with Crippen molar-refractivity contribution in [1.29, 1.82) is 0 Å². The Morgan fingerprint density at radius 3 is 3.00 bits per heavy atom. The van der Waals surface area contributed by atoms with Crippen molar-refractivity contribution in [2.75, 3.05) is 12.4 Å². The predicted octanol–water partition coefficient (Wildman–Crippen LogP) is 2.64. The Balaban J connectivity index is 2.44. The van der Waals surface area contributed by atoms with Gasteiger partial charge in [-0.05, 0) is 19.1 Å². The molecular weight excluding hydrogens is 202 g/mol. The number of ether oxygens (including phenoxy) is 1. The summed E-state index contributed by atoms with van der Waals surface area (Å²) in [5.41, 5.74) is 1.58. The maximum Gasteiger partial charge on any atom is 0.168 e. The monoisotopic (exact) mass is 217 g/mol. The summed E-state index contributed by atoms with van der Waals surface area (Å²) in [7, 11) is 1.62. The molecule has 0 saturated heterocycles. The molecule has 1 unspecified atom stereocenters. The lowest BCUT2D eigenvalue weighted by Crippen LogP contribution is -2.17. The van der Waals surface area contributed by atoms with Crippen LogP contribution in [0.25, 0.3) is 0 Å². The van der Waals surface area contributed by atoms with E-state index in [4.69, 9.17) is 4.74 Å². The van der Waals surface area contributed by atoms with Gasteiger partial charge in [-0.1, -0.05) is 12.2 Å². The lowest BCUT2D eigenvalue weighted by molar-refractivity contribution is 0.0996. The van der Waals surface area contributed by atoms with Gasteiger partial charge in [-0.15, -0.1) is 0 Å². The topological polar surface area (TPSA) is 38.3 Å². The molecule has 0 bridgehead atoms. The van der Waals surface area contributed by atoms with Gasteiger partial charge in [0.25, 0.3) is 0 Å². The van der Waals surface area contributed by atoms with Crippen molar-refractivity contribution in [2.24, 2.45) is 0 Å². The van der Waals surface area contributed by atoms with E-state index in [0.717, 1.165) is 17.0 Å². The summed E-state index contributed by atoms with van der Waals surface area (Å²) in [6.45, 7) is 2.05. The molecule has 0 spiro atoms. The summed E-state index contributed by atoms with van der Waals surface area (Å²) in [5, 5.41) is 3.28. The number of allylic oxidation sites excluding steroid dienone is 1. The number of hydrogen-bond donors (Lipinski definition) is 1. The average molecular weight is 217 g/mol. The summed E-state index contributed by atoms with van der Waals surface area (Å²) < 4.78 is 5.15. The van der Waals surface area contributed by atoms with Gasteiger partial charge < -0.3 is 10.1 Å². The fraction of sp³-hybridized carbons (Fsp3) is 0.308. The van der Waals surface area contributed by atoms with Gasteiger partial charge in [-0.3, -0.25) is 4.79 Å². The van der Waals surface area contributed by atoms with E-state index in [1.54, 1.807) is 7.11 Å². The smallest absolute Gasteiger partial charge is 0.168 e. The minimum absolute atomic E-state index is 0.133. The zero-order chi connectivity index (χ0) is 11.5. The van der Waals surface area contributed by atoms with Crippen molar-refractivity contribution in [2.45, 2.75) is 19.4 Å². The van der Waals surface area contributed by atoms with E-state index in [2.05, 4.69) is 12.2 Å². The van der Waals surface area contributed by atoms with Gasteiger partial charge >= 0.3 is 0 Å². The van der Waals surface area contributed by atoms with Crippen molar-refractivity contribution < 1.29 is 9.53 Å². The zero-order valence-electron chi connectivity index (χ0n) is 9.49. The molecule has 0 fully saturated rings. The Morgan fingerprint density at radius 1 is 1.44 bits per heavy atom. The molecule has 1 aliphatic rings. The molecule has 1 aromatic rings. The third kappa shape index (κ3) is 2.08. The fourth-order valence-corrected chi connectivity index (χ4v) is 1.80. The van der Waals surface area contributed by atoms with Crippen molar-refractivity contribution in [3.8, 4) is 5.75 Å². The van der Waals surface area contributed by atoms with E-state index >= 15 is 0 Å². The van der Waals surface area contributed by atoms with Crippen LogP contribution in [0.2, 0.25) is 0 Å². The highest BCUT2D eigenvalue weighted by atomic mass is 16.5. The maximum absolute atomic E-state index is 11.8. The quantitative estimate of drug-likeness (QED) is 0.735. The first-order chi connectivity index (χ1) is 7.70. The molecule has 3 heteroatoms. The van der Waals surface area contributed by atoms with Crippen LogP contribution < -0.4 is 10.1 Å². The number of carbonyl (C=O) groups excluding carboxylic acids is 1. The third-order valence-corrected chi connectivity index (χ3v) is 2.64. The second-order valence-electron chi connectivity index (χ2n) is 3.90. The molecule has 1 atom stereocenters. The number of rotatable bonds is 1. The SMILES string of the molecule is COc1ccc2c(c1)NC(C)/C=C\CC2=O. The first-order valence-electron chi connectivity index (χ1n) is 5.35. The van der Waals surface area contributed by atoms with Crippen LogP contribution in [-0.4, -0.2) is 18.9 Å². The Labute approximate surface area is 95.1 Å². The number of methoxy groups -OCH3 is 1. The molecule has 1 N–H and O–H groups in total. The molecule has 16 heavy (non-hydrogen) atoms. The number of hydrogen-bond acceptors (Lipinski definition) is 3. The molecule has 1 heterocycles. The Kier molecular flexibility index (Phi) is 2.95. The van der Waals surface area contributed by atoms with Crippen LogP contribution in [0.5, 0.6) is 5.75 Å². The number of ketones is 1. The van der Waals surface area contributed by atoms with Crippen LogP contribution in [0.15, 0.2) is 30.4 Å². The normalized spacial score (nSPS) is 21.4. The van der Waals surface area contributed by atoms with Crippen molar-refractivity contribution in [3.63, 3.8) is 0 Å². The molecular formula is C13H15NO2.